The van der Waals surface area contributed by atoms with Gasteiger partial charge in [0, 0.05) is 50.0 Å². The lowest BCUT2D eigenvalue weighted by Crippen LogP contribution is -2.47. The number of ether oxygens (including phenoxy) is 1. The first kappa shape index (κ1) is 31.0. The quantitative estimate of drug-likeness (QED) is 0.318. The Bertz CT molecular complexity index is 1520. The highest BCUT2D eigenvalue weighted by atomic mass is 32.2. The monoisotopic (exact) mass is 599 g/mol. The van der Waals surface area contributed by atoms with E-state index in [1.54, 1.807) is 61.3 Å². The highest BCUT2D eigenvalue weighted by Crippen LogP contribution is 2.30. The maximum atomic E-state index is 13.5. The molecule has 0 radical (unpaired) electrons. The molecule has 0 fully saturated rings. The van der Waals surface area contributed by atoms with Crippen LogP contribution in [0.15, 0.2) is 60.0 Å². The van der Waals surface area contributed by atoms with Crippen LogP contribution in [0.1, 0.15) is 35.3 Å². The fourth-order valence-corrected chi connectivity index (χ4v) is 5.91. The molecule has 2 heterocycles. The molecule has 0 bridgehead atoms. The number of anilines is 1. The Kier molecular flexibility index (Phi) is 9.54. The number of likely N-dealkylation sites (N-methyl/N-ethyl adjacent to an activating group) is 1. The topological polar surface area (TPSA) is 154 Å². The molecule has 1 aliphatic heterocycles. The Morgan fingerprint density at radius 1 is 1.24 bits per heavy atom. The van der Waals surface area contributed by atoms with Crippen molar-refractivity contribution in [2.45, 2.75) is 44.0 Å². The SMILES string of the molecule is C[C@H](CO)N1C[C@H](C)[C@H](CN(C)Cc2ccc(C(=O)O)cc2)Oc2ccc(NS(=O)(=O)c3cn(C)cn3)cc2CC1=O. The average Bonchev–Trinajstić information content (AvgIpc) is 3.40. The molecule has 1 amide bonds. The second-order valence-corrected chi connectivity index (χ2v) is 12.5. The van der Waals surface area contributed by atoms with Crippen LogP contribution in [-0.2, 0) is 34.8 Å². The van der Waals surface area contributed by atoms with E-state index in [0.29, 0.717) is 30.9 Å². The molecule has 3 atom stereocenters. The number of imidazole rings is 1. The molecule has 0 unspecified atom stereocenters. The van der Waals surface area contributed by atoms with E-state index in [2.05, 4.69) is 14.6 Å². The van der Waals surface area contributed by atoms with E-state index in [9.17, 15) is 28.2 Å². The molecular weight excluding hydrogens is 562 g/mol. The smallest absolute Gasteiger partial charge is 0.335 e. The summed E-state index contributed by atoms with van der Waals surface area (Å²) in [5, 5.41) is 18.9. The number of aliphatic hydroxyl groups excluding tert-OH is 1. The number of nitrogens with one attached hydrogen (secondary N) is 1. The number of aryl methyl sites for hydroxylation is 1. The zero-order valence-corrected chi connectivity index (χ0v) is 24.9. The van der Waals surface area contributed by atoms with Crippen molar-refractivity contribution in [2.24, 2.45) is 13.0 Å². The number of hydrogen-bond donors (Lipinski definition) is 3. The molecule has 4 rings (SSSR count). The van der Waals surface area contributed by atoms with E-state index in [-0.39, 0.29) is 47.2 Å². The number of benzene rings is 2. The third-order valence-corrected chi connectivity index (χ3v) is 8.54. The van der Waals surface area contributed by atoms with E-state index in [1.807, 2.05) is 14.0 Å². The minimum Gasteiger partial charge on any atom is -0.488 e. The van der Waals surface area contributed by atoms with E-state index in [1.165, 1.54) is 17.1 Å². The average molecular weight is 600 g/mol. The summed E-state index contributed by atoms with van der Waals surface area (Å²) in [5.41, 5.74) is 1.94. The first-order chi connectivity index (χ1) is 19.9. The minimum absolute atomic E-state index is 0.0377. The molecule has 3 N–H and O–H groups in total. The van der Waals surface area contributed by atoms with Gasteiger partial charge in [-0.25, -0.2) is 9.78 Å². The van der Waals surface area contributed by atoms with Gasteiger partial charge in [0.25, 0.3) is 10.0 Å². The van der Waals surface area contributed by atoms with Crippen LogP contribution < -0.4 is 9.46 Å². The molecular formula is C29H37N5O7S. The van der Waals surface area contributed by atoms with E-state index in [0.717, 1.165) is 5.56 Å². The number of aromatic nitrogens is 2. The number of carbonyl (C=O) groups is 2. The molecule has 0 saturated carbocycles. The van der Waals surface area contributed by atoms with Crippen LogP contribution >= 0.6 is 0 Å². The van der Waals surface area contributed by atoms with Crippen LogP contribution in [0.4, 0.5) is 5.69 Å². The van der Waals surface area contributed by atoms with Crippen LogP contribution in [-0.4, -0.2) is 88.7 Å². The predicted octanol–water partition coefficient (Wildman–Crippen LogP) is 2.20. The Morgan fingerprint density at radius 3 is 2.57 bits per heavy atom. The Balaban J connectivity index is 1.60. The van der Waals surface area contributed by atoms with Gasteiger partial charge in [-0.3, -0.25) is 14.4 Å². The van der Waals surface area contributed by atoms with Crippen molar-refractivity contribution in [3.05, 3.63) is 71.7 Å². The predicted molar refractivity (Wildman–Crippen MR) is 156 cm³/mol. The van der Waals surface area contributed by atoms with Gasteiger partial charge in [0.2, 0.25) is 5.91 Å². The van der Waals surface area contributed by atoms with Crippen molar-refractivity contribution in [1.82, 2.24) is 19.4 Å². The lowest BCUT2D eigenvalue weighted by molar-refractivity contribution is -0.134. The second-order valence-electron chi connectivity index (χ2n) is 10.9. The Hall–Kier alpha value is -3.94. The number of carbonyl (C=O) groups excluding carboxylic acids is 1. The molecule has 0 saturated heterocycles. The Labute approximate surface area is 245 Å². The number of hydrogen-bond acceptors (Lipinski definition) is 8. The molecule has 2 aromatic carbocycles. The highest BCUT2D eigenvalue weighted by molar-refractivity contribution is 7.92. The number of carboxylic acids is 1. The molecule has 0 spiro atoms. The first-order valence-corrected chi connectivity index (χ1v) is 15.1. The van der Waals surface area contributed by atoms with E-state index < -0.39 is 22.0 Å². The summed E-state index contributed by atoms with van der Waals surface area (Å²) in [4.78, 5) is 32.3. The second kappa shape index (κ2) is 12.9. The molecule has 1 aromatic heterocycles. The van der Waals surface area contributed by atoms with Gasteiger partial charge in [0.15, 0.2) is 5.03 Å². The number of aliphatic hydroxyl groups is 1. The van der Waals surface area contributed by atoms with Gasteiger partial charge >= 0.3 is 5.97 Å². The third kappa shape index (κ3) is 7.46. The molecule has 226 valence electrons. The largest absolute Gasteiger partial charge is 0.488 e. The van der Waals surface area contributed by atoms with Crippen molar-refractivity contribution in [2.75, 3.05) is 31.5 Å². The molecule has 3 aromatic rings. The molecule has 0 aliphatic carbocycles. The number of fused-ring (bicyclic) bond motifs is 1. The maximum absolute atomic E-state index is 13.5. The highest BCUT2D eigenvalue weighted by Gasteiger charge is 2.31. The third-order valence-electron chi connectivity index (χ3n) is 7.27. The Morgan fingerprint density at radius 2 is 1.95 bits per heavy atom. The van der Waals surface area contributed by atoms with Crippen molar-refractivity contribution in [1.29, 1.82) is 0 Å². The van der Waals surface area contributed by atoms with Crippen molar-refractivity contribution >= 4 is 27.6 Å². The maximum Gasteiger partial charge on any atom is 0.335 e. The fourth-order valence-electron chi connectivity index (χ4n) is 4.88. The van der Waals surface area contributed by atoms with E-state index in [4.69, 9.17) is 4.74 Å². The van der Waals surface area contributed by atoms with Crippen LogP contribution in [0.5, 0.6) is 5.75 Å². The minimum atomic E-state index is -3.95. The summed E-state index contributed by atoms with van der Waals surface area (Å²) in [5.74, 6) is -0.831. The standard InChI is InChI=1S/C29H37N5O7S/c1-19-13-34(20(2)17-35)28(36)12-23-11-24(31-42(39,40)27-16-33(4)18-30-27)9-10-25(23)41-26(19)15-32(3)14-21-5-7-22(8-6-21)29(37)38/h5-11,16,18-20,26,31,35H,12-15,17H2,1-4H3,(H,37,38)/t19-,20+,26-/m0/s1. The number of aromatic carboxylic acids is 1. The van der Waals surface area contributed by atoms with Gasteiger partial charge in [0.1, 0.15) is 11.9 Å². The molecule has 13 heteroatoms. The number of carboxylic acid groups (broad SMARTS) is 1. The van der Waals surface area contributed by atoms with Gasteiger partial charge in [-0.05, 0) is 49.9 Å². The lowest BCUT2D eigenvalue weighted by atomic mass is 10.0. The van der Waals surface area contributed by atoms with Crippen LogP contribution in [0.25, 0.3) is 0 Å². The lowest BCUT2D eigenvalue weighted by Gasteiger charge is -2.34. The summed E-state index contributed by atoms with van der Waals surface area (Å²) >= 11 is 0. The molecule has 42 heavy (non-hydrogen) atoms. The van der Waals surface area contributed by atoms with Gasteiger partial charge in [0.05, 0.1) is 31.0 Å². The van der Waals surface area contributed by atoms with Crippen molar-refractivity contribution in [3.63, 3.8) is 0 Å². The van der Waals surface area contributed by atoms with E-state index >= 15 is 0 Å². The zero-order valence-electron chi connectivity index (χ0n) is 24.1. The normalized spacial score (nSPS) is 18.4. The number of rotatable bonds is 10. The van der Waals surface area contributed by atoms with Gasteiger partial charge in [-0.1, -0.05) is 19.1 Å². The first-order valence-electron chi connectivity index (χ1n) is 13.6. The summed E-state index contributed by atoms with van der Waals surface area (Å²) in [6.07, 6.45) is 2.39. The summed E-state index contributed by atoms with van der Waals surface area (Å²) < 4.78 is 36.3. The number of amides is 1. The van der Waals surface area contributed by atoms with Gasteiger partial charge in [-0.2, -0.15) is 8.42 Å². The van der Waals surface area contributed by atoms with Crippen molar-refractivity contribution < 1.29 is 33.0 Å². The van der Waals surface area contributed by atoms with Gasteiger partial charge in [-0.15, -0.1) is 0 Å². The number of nitrogens with zero attached hydrogens (tertiary/aromatic N) is 4. The molecule has 1 aliphatic rings. The summed E-state index contributed by atoms with van der Waals surface area (Å²) in [6.45, 7) is 4.97. The van der Waals surface area contributed by atoms with Crippen LogP contribution in [0.2, 0.25) is 0 Å². The summed E-state index contributed by atoms with van der Waals surface area (Å²) in [7, 11) is -0.340. The summed E-state index contributed by atoms with van der Waals surface area (Å²) in [6, 6.07) is 11.1. The van der Waals surface area contributed by atoms with Crippen LogP contribution in [0, 0.1) is 5.92 Å². The van der Waals surface area contributed by atoms with Gasteiger partial charge < -0.3 is 24.4 Å². The number of sulfonamides is 1. The van der Waals surface area contributed by atoms with Crippen LogP contribution in [0.3, 0.4) is 0 Å². The van der Waals surface area contributed by atoms with Crippen molar-refractivity contribution in [3.8, 4) is 5.75 Å². The zero-order chi connectivity index (χ0) is 30.6. The fraction of sp³-hybridized carbons (Fsp3) is 0.414. The molecule has 12 nitrogen and oxygen atoms in total.